The first kappa shape index (κ1) is 12.8. The number of aromatic nitrogens is 1. The predicted octanol–water partition coefficient (Wildman–Crippen LogP) is 0.436. The van der Waals surface area contributed by atoms with Crippen LogP contribution >= 0.6 is 0 Å². The van der Waals surface area contributed by atoms with Gasteiger partial charge >= 0.3 is 0 Å². The number of carbonyl (C=O) groups is 1. The molecule has 5 heteroatoms. The summed E-state index contributed by atoms with van der Waals surface area (Å²) in [6.45, 7) is 4.89. The van der Waals surface area contributed by atoms with Crippen LogP contribution in [0.3, 0.4) is 0 Å². The summed E-state index contributed by atoms with van der Waals surface area (Å²) in [6, 6.07) is 2.13. The van der Waals surface area contributed by atoms with Gasteiger partial charge in [0.2, 0.25) is 5.91 Å². The van der Waals surface area contributed by atoms with Crippen LogP contribution in [0.5, 0.6) is 0 Å². The molecule has 2 heterocycles. The molecule has 0 unspecified atom stereocenters. The molecule has 2 N–H and O–H groups in total. The Bertz CT molecular complexity index is 433. The number of rotatable bonds is 3. The molecule has 98 valence electrons. The molecule has 1 amide bonds. The summed E-state index contributed by atoms with van der Waals surface area (Å²) in [5, 5.41) is 5.99. The van der Waals surface area contributed by atoms with Gasteiger partial charge in [-0.3, -0.25) is 4.79 Å². The molecule has 0 aromatic carbocycles. The lowest BCUT2D eigenvalue weighted by Gasteiger charge is -2.22. The maximum atomic E-state index is 11.6. The Morgan fingerprint density at radius 3 is 3.11 bits per heavy atom. The van der Waals surface area contributed by atoms with Crippen molar-refractivity contribution < 1.29 is 4.79 Å². The van der Waals surface area contributed by atoms with Crippen LogP contribution in [-0.2, 0) is 11.3 Å². The van der Waals surface area contributed by atoms with E-state index in [9.17, 15) is 4.79 Å². The van der Waals surface area contributed by atoms with Crippen LogP contribution in [0.1, 0.15) is 17.5 Å². The summed E-state index contributed by atoms with van der Waals surface area (Å²) in [5.74, 6) is 1.000. The average Bonchev–Trinajstić information content (AvgIpc) is 2.54. The second kappa shape index (κ2) is 5.82. The second-order valence-electron chi connectivity index (χ2n) is 4.64. The lowest BCUT2D eigenvalue weighted by molar-refractivity contribution is -0.119. The molecule has 1 aliphatic heterocycles. The molecule has 0 radical (unpaired) electrons. The number of pyridine rings is 1. The highest BCUT2D eigenvalue weighted by Crippen LogP contribution is 2.18. The minimum absolute atomic E-state index is 0.0769. The third kappa shape index (κ3) is 2.98. The summed E-state index contributed by atoms with van der Waals surface area (Å²) in [5.41, 5.74) is 2.29. The highest BCUT2D eigenvalue weighted by molar-refractivity contribution is 5.81. The van der Waals surface area contributed by atoms with Crippen LogP contribution in [0.25, 0.3) is 0 Å². The monoisotopic (exact) mass is 248 g/mol. The van der Waals surface area contributed by atoms with Gasteiger partial charge in [0.15, 0.2) is 0 Å². The van der Waals surface area contributed by atoms with Crippen LogP contribution in [0.4, 0.5) is 5.82 Å². The Hall–Kier alpha value is -1.62. The predicted molar refractivity (Wildman–Crippen MR) is 71.6 cm³/mol. The van der Waals surface area contributed by atoms with E-state index in [-0.39, 0.29) is 5.91 Å². The van der Waals surface area contributed by atoms with Gasteiger partial charge in [0.1, 0.15) is 5.82 Å². The normalized spacial score (nSPS) is 16.3. The van der Waals surface area contributed by atoms with E-state index in [1.165, 1.54) is 0 Å². The number of aryl methyl sites for hydroxylation is 1. The number of hydrogen-bond acceptors (Lipinski definition) is 4. The Morgan fingerprint density at radius 2 is 2.39 bits per heavy atom. The molecule has 0 atom stereocenters. The van der Waals surface area contributed by atoms with Crippen molar-refractivity contribution in [1.82, 2.24) is 15.6 Å². The number of hydrogen-bond donors (Lipinski definition) is 2. The molecular weight excluding hydrogens is 228 g/mol. The first-order valence-electron chi connectivity index (χ1n) is 6.32. The van der Waals surface area contributed by atoms with Gasteiger partial charge in [-0.2, -0.15) is 0 Å². The van der Waals surface area contributed by atoms with Gasteiger partial charge in [0.05, 0.1) is 6.54 Å². The van der Waals surface area contributed by atoms with E-state index >= 15 is 0 Å². The van der Waals surface area contributed by atoms with Gasteiger partial charge in [0, 0.05) is 25.8 Å². The highest BCUT2D eigenvalue weighted by Gasteiger charge is 2.17. The lowest BCUT2D eigenvalue weighted by Crippen LogP contribution is -2.34. The van der Waals surface area contributed by atoms with Crippen molar-refractivity contribution in [1.29, 1.82) is 0 Å². The van der Waals surface area contributed by atoms with Crippen molar-refractivity contribution in [2.24, 2.45) is 0 Å². The van der Waals surface area contributed by atoms with E-state index in [2.05, 4.69) is 26.6 Å². The number of nitrogens with zero attached hydrogens (tertiary/aromatic N) is 2. The molecule has 18 heavy (non-hydrogen) atoms. The number of anilines is 1. The second-order valence-corrected chi connectivity index (χ2v) is 4.64. The van der Waals surface area contributed by atoms with Gasteiger partial charge in [-0.15, -0.1) is 0 Å². The highest BCUT2D eigenvalue weighted by atomic mass is 16.2. The van der Waals surface area contributed by atoms with Crippen molar-refractivity contribution in [3.63, 3.8) is 0 Å². The SMILES string of the molecule is CNCc1cnc(N2CCCNC(=O)C2)c(C)c1. The number of carbonyl (C=O) groups excluding carboxylic acids is 1. The van der Waals surface area contributed by atoms with Crippen LogP contribution in [0.2, 0.25) is 0 Å². The summed E-state index contributed by atoms with van der Waals surface area (Å²) in [6.07, 6.45) is 2.84. The first-order valence-corrected chi connectivity index (χ1v) is 6.32. The molecule has 0 bridgehead atoms. The number of amides is 1. The molecule has 1 saturated heterocycles. The van der Waals surface area contributed by atoms with Crippen molar-refractivity contribution in [3.8, 4) is 0 Å². The summed E-state index contributed by atoms with van der Waals surface area (Å²) in [7, 11) is 1.92. The van der Waals surface area contributed by atoms with Crippen molar-refractivity contribution in [3.05, 3.63) is 23.4 Å². The van der Waals surface area contributed by atoms with Gasteiger partial charge < -0.3 is 15.5 Å². The van der Waals surface area contributed by atoms with Gasteiger partial charge in [-0.05, 0) is 37.6 Å². The van der Waals surface area contributed by atoms with E-state index in [1.807, 2.05) is 20.2 Å². The van der Waals surface area contributed by atoms with Crippen LogP contribution < -0.4 is 15.5 Å². The molecule has 1 aromatic rings. The van der Waals surface area contributed by atoms with Crippen molar-refractivity contribution in [2.45, 2.75) is 19.9 Å². The van der Waals surface area contributed by atoms with E-state index in [4.69, 9.17) is 0 Å². The third-order valence-electron chi connectivity index (χ3n) is 3.05. The maximum Gasteiger partial charge on any atom is 0.239 e. The largest absolute Gasteiger partial charge is 0.354 e. The lowest BCUT2D eigenvalue weighted by atomic mass is 10.2. The fourth-order valence-corrected chi connectivity index (χ4v) is 2.24. The maximum absolute atomic E-state index is 11.6. The summed E-state index contributed by atoms with van der Waals surface area (Å²) >= 11 is 0. The van der Waals surface area contributed by atoms with E-state index < -0.39 is 0 Å². The minimum atomic E-state index is 0.0769. The van der Waals surface area contributed by atoms with Gasteiger partial charge in [-0.1, -0.05) is 0 Å². The van der Waals surface area contributed by atoms with E-state index in [0.717, 1.165) is 43.0 Å². The number of nitrogens with one attached hydrogen (secondary N) is 2. The van der Waals surface area contributed by atoms with Crippen LogP contribution in [0, 0.1) is 6.92 Å². The molecule has 5 nitrogen and oxygen atoms in total. The minimum Gasteiger partial charge on any atom is -0.354 e. The third-order valence-corrected chi connectivity index (χ3v) is 3.05. The fraction of sp³-hybridized carbons (Fsp3) is 0.538. The molecule has 0 saturated carbocycles. The zero-order valence-electron chi connectivity index (χ0n) is 11.0. The molecule has 1 aromatic heterocycles. The zero-order chi connectivity index (χ0) is 13.0. The molecule has 1 fully saturated rings. The fourth-order valence-electron chi connectivity index (χ4n) is 2.24. The Labute approximate surface area is 108 Å². The summed E-state index contributed by atoms with van der Waals surface area (Å²) in [4.78, 5) is 18.1. The topological polar surface area (TPSA) is 57.3 Å². The summed E-state index contributed by atoms with van der Waals surface area (Å²) < 4.78 is 0. The Kier molecular flexibility index (Phi) is 4.15. The quantitative estimate of drug-likeness (QED) is 0.815. The van der Waals surface area contributed by atoms with Crippen LogP contribution in [0.15, 0.2) is 12.3 Å². The molecule has 0 aliphatic carbocycles. The van der Waals surface area contributed by atoms with E-state index in [1.54, 1.807) is 0 Å². The van der Waals surface area contributed by atoms with Crippen molar-refractivity contribution >= 4 is 11.7 Å². The van der Waals surface area contributed by atoms with E-state index in [0.29, 0.717) is 6.54 Å². The smallest absolute Gasteiger partial charge is 0.239 e. The average molecular weight is 248 g/mol. The van der Waals surface area contributed by atoms with Gasteiger partial charge in [-0.25, -0.2) is 4.98 Å². The Morgan fingerprint density at radius 1 is 1.56 bits per heavy atom. The molecular formula is C13H20N4O. The Balaban J connectivity index is 2.18. The molecule has 1 aliphatic rings. The zero-order valence-corrected chi connectivity index (χ0v) is 11.0. The molecule has 0 spiro atoms. The van der Waals surface area contributed by atoms with Crippen molar-refractivity contribution in [2.75, 3.05) is 31.6 Å². The van der Waals surface area contributed by atoms with Gasteiger partial charge in [0.25, 0.3) is 0 Å². The van der Waals surface area contributed by atoms with Crippen LogP contribution in [-0.4, -0.2) is 37.6 Å². The molecule has 2 rings (SSSR count). The standard InChI is InChI=1S/C13H20N4O/c1-10-6-11(7-14-2)8-16-13(10)17-5-3-4-15-12(18)9-17/h6,8,14H,3-5,7,9H2,1-2H3,(H,15,18). The first-order chi connectivity index (χ1) is 8.70.